The number of amides is 1. The summed E-state index contributed by atoms with van der Waals surface area (Å²) in [4.78, 5) is 15.7. The van der Waals surface area contributed by atoms with Crippen LogP contribution in [0.3, 0.4) is 0 Å². The molecular weight excluding hydrogens is 310 g/mol. The van der Waals surface area contributed by atoms with Crippen molar-refractivity contribution in [2.45, 2.75) is 26.1 Å². The van der Waals surface area contributed by atoms with Gasteiger partial charge in [-0.15, -0.1) is 0 Å². The van der Waals surface area contributed by atoms with E-state index in [2.05, 4.69) is 20.1 Å². The van der Waals surface area contributed by atoms with Crippen LogP contribution in [0.15, 0.2) is 24.4 Å². The van der Waals surface area contributed by atoms with Crippen molar-refractivity contribution in [3.8, 4) is 11.8 Å². The van der Waals surface area contributed by atoms with Crippen molar-refractivity contribution in [1.29, 1.82) is 0 Å². The first-order chi connectivity index (χ1) is 11.1. The number of alkyl halides is 2. The van der Waals surface area contributed by atoms with Crippen LogP contribution < -0.4 is 14.8 Å². The molecule has 0 unspecified atom stereocenters. The Morgan fingerprint density at radius 1 is 1.48 bits per heavy atom. The molecule has 0 spiro atoms. The highest BCUT2D eigenvalue weighted by molar-refractivity contribution is 5.94. The van der Waals surface area contributed by atoms with Crippen molar-refractivity contribution < 1.29 is 23.0 Å². The maximum absolute atomic E-state index is 12.1. The molecule has 2 aromatic rings. The highest BCUT2D eigenvalue weighted by atomic mass is 19.3. The molecule has 7 nitrogen and oxygen atoms in total. The van der Waals surface area contributed by atoms with Gasteiger partial charge in [-0.2, -0.15) is 13.9 Å². The van der Waals surface area contributed by atoms with Crippen LogP contribution in [-0.4, -0.2) is 33.9 Å². The number of nitrogens with zero attached hydrogens (tertiary/aromatic N) is 3. The summed E-state index contributed by atoms with van der Waals surface area (Å²) in [6, 6.07) is 4.33. The molecule has 0 atom stereocenters. The standard InChI is InChI=1S/C14H14F2N4O3/c15-14(16)23-11-6-9(2-3-17-11)13(21)18-8-10-7-12-20(19-10)4-1-5-22-12/h2-3,6-7,14H,1,4-5,8H2,(H,18,21). The summed E-state index contributed by atoms with van der Waals surface area (Å²) in [5.74, 6) is -0.0612. The minimum absolute atomic E-state index is 0.177. The van der Waals surface area contributed by atoms with Crippen LogP contribution in [0.4, 0.5) is 8.78 Å². The van der Waals surface area contributed by atoms with E-state index in [1.165, 1.54) is 12.3 Å². The van der Waals surface area contributed by atoms with E-state index in [0.29, 0.717) is 18.2 Å². The van der Waals surface area contributed by atoms with Crippen molar-refractivity contribution in [1.82, 2.24) is 20.1 Å². The zero-order chi connectivity index (χ0) is 16.2. The topological polar surface area (TPSA) is 78.3 Å². The molecule has 0 radical (unpaired) electrons. The van der Waals surface area contributed by atoms with E-state index in [4.69, 9.17) is 4.74 Å². The van der Waals surface area contributed by atoms with Crippen LogP contribution in [0.1, 0.15) is 22.5 Å². The third-order valence-electron chi connectivity index (χ3n) is 3.19. The second kappa shape index (κ2) is 6.59. The van der Waals surface area contributed by atoms with Crippen LogP contribution in [0, 0.1) is 0 Å². The molecule has 0 aromatic carbocycles. The van der Waals surface area contributed by atoms with E-state index < -0.39 is 12.5 Å². The number of hydrogen-bond donors (Lipinski definition) is 1. The lowest BCUT2D eigenvalue weighted by atomic mass is 10.2. The first kappa shape index (κ1) is 15.2. The Hall–Kier alpha value is -2.71. The molecule has 0 aliphatic carbocycles. The fourth-order valence-corrected chi connectivity index (χ4v) is 2.18. The number of nitrogens with one attached hydrogen (secondary N) is 1. The average Bonchev–Trinajstić information content (AvgIpc) is 2.95. The summed E-state index contributed by atoms with van der Waals surface area (Å²) in [7, 11) is 0. The molecule has 1 amide bonds. The summed E-state index contributed by atoms with van der Waals surface area (Å²) in [6.45, 7) is -1.35. The van der Waals surface area contributed by atoms with E-state index in [0.717, 1.165) is 19.0 Å². The lowest BCUT2D eigenvalue weighted by Gasteiger charge is -2.13. The number of halogens is 2. The number of rotatable bonds is 5. The predicted molar refractivity (Wildman–Crippen MR) is 74.4 cm³/mol. The van der Waals surface area contributed by atoms with E-state index in [1.807, 2.05) is 0 Å². The van der Waals surface area contributed by atoms with Gasteiger partial charge in [0, 0.05) is 36.9 Å². The third kappa shape index (κ3) is 3.74. The molecule has 9 heteroatoms. The van der Waals surface area contributed by atoms with Gasteiger partial charge < -0.3 is 14.8 Å². The molecule has 122 valence electrons. The molecule has 0 saturated carbocycles. The van der Waals surface area contributed by atoms with Crippen molar-refractivity contribution in [3.63, 3.8) is 0 Å². The van der Waals surface area contributed by atoms with Gasteiger partial charge in [-0.05, 0) is 6.07 Å². The average molecular weight is 324 g/mol. The van der Waals surface area contributed by atoms with Gasteiger partial charge in [-0.25, -0.2) is 9.67 Å². The van der Waals surface area contributed by atoms with Gasteiger partial charge in [0.1, 0.15) is 0 Å². The van der Waals surface area contributed by atoms with Crippen molar-refractivity contribution in [3.05, 3.63) is 35.7 Å². The zero-order valence-corrected chi connectivity index (χ0v) is 12.0. The fraction of sp³-hybridized carbons (Fsp3) is 0.357. The molecule has 2 aromatic heterocycles. The molecule has 1 aliphatic heterocycles. The largest absolute Gasteiger partial charge is 0.478 e. The quantitative estimate of drug-likeness (QED) is 0.904. The van der Waals surface area contributed by atoms with Gasteiger partial charge in [-0.1, -0.05) is 0 Å². The molecule has 3 rings (SSSR count). The SMILES string of the molecule is O=C(NCc1cc2n(n1)CCCO2)c1ccnc(OC(F)F)c1. The van der Waals surface area contributed by atoms with Gasteiger partial charge in [-0.3, -0.25) is 4.79 Å². The van der Waals surface area contributed by atoms with Crippen molar-refractivity contribution in [2.24, 2.45) is 0 Å². The maximum atomic E-state index is 12.1. The van der Waals surface area contributed by atoms with E-state index in [1.54, 1.807) is 10.7 Å². The molecule has 0 bridgehead atoms. The summed E-state index contributed by atoms with van der Waals surface area (Å²) >= 11 is 0. The number of aromatic nitrogens is 3. The van der Waals surface area contributed by atoms with Gasteiger partial charge in [0.15, 0.2) is 0 Å². The molecule has 23 heavy (non-hydrogen) atoms. The van der Waals surface area contributed by atoms with Gasteiger partial charge in [0.25, 0.3) is 5.91 Å². The summed E-state index contributed by atoms with van der Waals surface area (Å²) in [6.07, 6.45) is 2.13. The molecule has 0 fully saturated rings. The third-order valence-corrected chi connectivity index (χ3v) is 3.19. The van der Waals surface area contributed by atoms with Crippen LogP contribution in [0.25, 0.3) is 0 Å². The van der Waals surface area contributed by atoms with Crippen LogP contribution >= 0.6 is 0 Å². The van der Waals surface area contributed by atoms with Crippen molar-refractivity contribution in [2.75, 3.05) is 6.61 Å². The number of pyridine rings is 1. The van der Waals surface area contributed by atoms with Gasteiger partial charge in [0.2, 0.25) is 11.8 Å². The Kier molecular flexibility index (Phi) is 4.35. The van der Waals surface area contributed by atoms with Crippen LogP contribution in [0.5, 0.6) is 11.8 Å². The number of hydrogen-bond acceptors (Lipinski definition) is 5. The van der Waals surface area contributed by atoms with Crippen LogP contribution in [-0.2, 0) is 13.1 Å². The monoisotopic (exact) mass is 324 g/mol. The zero-order valence-electron chi connectivity index (χ0n) is 12.0. The number of carbonyl (C=O) groups excluding carboxylic acids is 1. The lowest BCUT2D eigenvalue weighted by Crippen LogP contribution is -2.23. The lowest BCUT2D eigenvalue weighted by molar-refractivity contribution is -0.0529. The maximum Gasteiger partial charge on any atom is 0.388 e. The second-order valence-electron chi connectivity index (χ2n) is 4.84. The van der Waals surface area contributed by atoms with Gasteiger partial charge >= 0.3 is 6.61 Å². The summed E-state index contributed by atoms with van der Waals surface area (Å²) in [5.41, 5.74) is 0.837. The molecule has 0 saturated heterocycles. The second-order valence-corrected chi connectivity index (χ2v) is 4.84. The van der Waals surface area contributed by atoms with E-state index in [9.17, 15) is 13.6 Å². The molecule has 3 heterocycles. The Morgan fingerprint density at radius 2 is 2.35 bits per heavy atom. The molecule has 1 N–H and O–H groups in total. The van der Waals surface area contributed by atoms with E-state index >= 15 is 0 Å². The van der Waals surface area contributed by atoms with Gasteiger partial charge in [0.05, 0.1) is 18.8 Å². The number of fused-ring (bicyclic) bond motifs is 1. The predicted octanol–water partition coefficient (Wildman–Crippen LogP) is 1.59. The molecule has 1 aliphatic rings. The minimum atomic E-state index is -2.99. The van der Waals surface area contributed by atoms with Crippen molar-refractivity contribution >= 4 is 5.91 Å². The Morgan fingerprint density at radius 3 is 3.13 bits per heavy atom. The fourth-order valence-electron chi connectivity index (χ4n) is 2.18. The smallest absolute Gasteiger partial charge is 0.388 e. The first-order valence-corrected chi connectivity index (χ1v) is 7.00. The van der Waals surface area contributed by atoms with Crippen LogP contribution in [0.2, 0.25) is 0 Å². The number of ether oxygens (including phenoxy) is 2. The number of aryl methyl sites for hydroxylation is 1. The minimum Gasteiger partial charge on any atom is -0.478 e. The molecular formula is C14H14F2N4O3. The number of carbonyl (C=O) groups is 1. The first-order valence-electron chi connectivity index (χ1n) is 7.00. The Balaban J connectivity index is 1.62. The highest BCUT2D eigenvalue weighted by Gasteiger charge is 2.15. The summed E-state index contributed by atoms with van der Waals surface area (Å²) < 4.78 is 35.6. The van der Waals surface area contributed by atoms with E-state index in [-0.39, 0.29) is 18.0 Å². The highest BCUT2D eigenvalue weighted by Crippen LogP contribution is 2.18. The Bertz CT molecular complexity index is 682. The normalized spacial score (nSPS) is 13.3. The summed E-state index contributed by atoms with van der Waals surface area (Å²) in [5, 5.41) is 6.98. The Labute approximate surface area is 130 Å².